The molecule has 2 rings (SSSR count). The van der Waals surface area contributed by atoms with E-state index in [0.717, 1.165) is 24.2 Å². The molecular formula is C18H28F3IN4. The topological polar surface area (TPSA) is 39.7 Å². The largest absolute Gasteiger partial charge is 0.416 e. The summed E-state index contributed by atoms with van der Waals surface area (Å²) < 4.78 is 37.6. The third kappa shape index (κ3) is 7.30. The molecule has 8 heteroatoms. The maximum Gasteiger partial charge on any atom is 0.416 e. The lowest BCUT2D eigenvalue weighted by molar-refractivity contribution is -0.137. The van der Waals surface area contributed by atoms with E-state index in [0.29, 0.717) is 31.0 Å². The van der Waals surface area contributed by atoms with E-state index in [1.165, 1.54) is 25.0 Å². The molecule has 1 aromatic rings. The maximum atomic E-state index is 12.5. The van der Waals surface area contributed by atoms with Crippen LogP contribution >= 0.6 is 24.0 Å². The van der Waals surface area contributed by atoms with Crippen molar-refractivity contribution in [1.29, 1.82) is 0 Å². The first-order valence-electron chi connectivity index (χ1n) is 8.64. The van der Waals surface area contributed by atoms with Crippen molar-refractivity contribution in [3.8, 4) is 0 Å². The fourth-order valence-corrected chi connectivity index (χ4v) is 2.64. The first-order valence-corrected chi connectivity index (χ1v) is 8.64. The molecule has 0 bridgehead atoms. The molecule has 1 fully saturated rings. The molecule has 4 nitrogen and oxygen atoms in total. The van der Waals surface area contributed by atoms with E-state index in [9.17, 15) is 13.2 Å². The van der Waals surface area contributed by atoms with E-state index in [-0.39, 0.29) is 24.0 Å². The van der Waals surface area contributed by atoms with Gasteiger partial charge < -0.3 is 10.6 Å². The molecule has 1 unspecified atom stereocenters. The van der Waals surface area contributed by atoms with Crippen LogP contribution in [0.1, 0.15) is 30.9 Å². The van der Waals surface area contributed by atoms with E-state index in [1.807, 2.05) is 0 Å². The average Bonchev–Trinajstić information content (AvgIpc) is 3.41. The maximum absolute atomic E-state index is 12.5. The number of alkyl halides is 3. The van der Waals surface area contributed by atoms with Crippen molar-refractivity contribution in [2.45, 2.75) is 44.4 Å². The number of guanidine groups is 1. The third-order valence-electron chi connectivity index (χ3n) is 4.59. The van der Waals surface area contributed by atoms with Crippen molar-refractivity contribution < 1.29 is 13.2 Å². The summed E-state index contributed by atoms with van der Waals surface area (Å²) in [6.07, 6.45) is -1.09. The summed E-state index contributed by atoms with van der Waals surface area (Å²) in [5.41, 5.74) is 0.244. The lowest BCUT2D eigenvalue weighted by Gasteiger charge is -2.25. The molecule has 0 radical (unpaired) electrons. The number of nitrogens with zero attached hydrogens (tertiary/aromatic N) is 2. The van der Waals surface area contributed by atoms with E-state index in [1.54, 1.807) is 7.05 Å². The van der Waals surface area contributed by atoms with E-state index in [4.69, 9.17) is 0 Å². The van der Waals surface area contributed by atoms with Crippen LogP contribution in [-0.2, 0) is 12.6 Å². The van der Waals surface area contributed by atoms with Crippen LogP contribution in [0.2, 0.25) is 0 Å². The standard InChI is InChI=1S/C18H27F3N4.HI/c1-13(25(3)16-8-9-16)12-24-17(22-2)23-11-10-14-4-6-15(7-5-14)18(19,20)21;/h4-7,13,16H,8-12H2,1-3H3,(H2,22,23,24);1H. The predicted octanol–water partition coefficient (Wildman–Crippen LogP) is 3.51. The number of likely N-dealkylation sites (N-methyl/N-ethyl adjacent to an activating group) is 1. The molecule has 1 aliphatic rings. The Morgan fingerprint density at radius 2 is 1.85 bits per heavy atom. The van der Waals surface area contributed by atoms with Crippen molar-refractivity contribution in [3.63, 3.8) is 0 Å². The zero-order chi connectivity index (χ0) is 18.4. The first-order chi connectivity index (χ1) is 11.8. The van der Waals surface area contributed by atoms with Gasteiger partial charge in [-0.25, -0.2) is 0 Å². The molecule has 1 saturated carbocycles. The highest BCUT2D eigenvalue weighted by atomic mass is 127. The number of halogens is 4. The number of hydrogen-bond donors (Lipinski definition) is 2. The van der Waals surface area contributed by atoms with Crippen molar-refractivity contribution in [3.05, 3.63) is 35.4 Å². The molecule has 1 aliphatic carbocycles. The molecule has 1 aromatic carbocycles. The zero-order valence-corrected chi connectivity index (χ0v) is 17.8. The van der Waals surface area contributed by atoms with Gasteiger partial charge in [0.2, 0.25) is 0 Å². The highest BCUT2D eigenvalue weighted by molar-refractivity contribution is 14.0. The van der Waals surface area contributed by atoms with Gasteiger partial charge in [-0.15, -0.1) is 24.0 Å². The van der Waals surface area contributed by atoms with Gasteiger partial charge in [-0.1, -0.05) is 12.1 Å². The van der Waals surface area contributed by atoms with Crippen molar-refractivity contribution >= 4 is 29.9 Å². The predicted molar refractivity (Wildman–Crippen MR) is 110 cm³/mol. The average molecular weight is 484 g/mol. The molecule has 0 saturated heterocycles. The highest BCUT2D eigenvalue weighted by Gasteiger charge is 2.30. The van der Waals surface area contributed by atoms with Gasteiger partial charge in [0, 0.05) is 32.2 Å². The first kappa shape index (κ1) is 23.0. The van der Waals surface area contributed by atoms with Crippen LogP contribution in [-0.4, -0.2) is 50.1 Å². The van der Waals surface area contributed by atoms with Crippen LogP contribution in [0.4, 0.5) is 13.2 Å². The van der Waals surface area contributed by atoms with E-state index in [2.05, 4.69) is 34.5 Å². The second kappa shape index (κ2) is 10.3. The van der Waals surface area contributed by atoms with Gasteiger partial charge in [-0.3, -0.25) is 9.89 Å². The molecule has 0 heterocycles. The van der Waals surface area contributed by atoms with Crippen molar-refractivity contribution in [2.75, 3.05) is 27.2 Å². The fraction of sp³-hybridized carbons (Fsp3) is 0.611. The summed E-state index contributed by atoms with van der Waals surface area (Å²) in [6.45, 7) is 3.59. The van der Waals surface area contributed by atoms with Crippen LogP contribution in [0.3, 0.4) is 0 Å². The van der Waals surface area contributed by atoms with Crippen LogP contribution < -0.4 is 10.6 Å². The third-order valence-corrected chi connectivity index (χ3v) is 4.59. The summed E-state index contributed by atoms with van der Waals surface area (Å²) >= 11 is 0. The summed E-state index contributed by atoms with van der Waals surface area (Å²) in [4.78, 5) is 6.56. The number of rotatable bonds is 7. The Hall–Kier alpha value is -1.03. The van der Waals surface area contributed by atoms with Gasteiger partial charge >= 0.3 is 6.18 Å². The Kier molecular flexibility index (Phi) is 9.15. The molecular weight excluding hydrogens is 456 g/mol. The Bertz CT molecular complexity index is 571. The Morgan fingerprint density at radius 3 is 2.35 bits per heavy atom. The minimum atomic E-state index is -4.28. The summed E-state index contributed by atoms with van der Waals surface area (Å²) in [6, 6.07) is 6.42. The number of nitrogens with one attached hydrogen (secondary N) is 2. The molecule has 2 N–H and O–H groups in total. The van der Waals surface area contributed by atoms with Crippen LogP contribution in [0.5, 0.6) is 0 Å². The molecule has 0 spiro atoms. The minimum Gasteiger partial charge on any atom is -0.356 e. The molecule has 0 aliphatic heterocycles. The van der Waals surface area contributed by atoms with Gasteiger partial charge in [0.1, 0.15) is 0 Å². The molecule has 1 atom stereocenters. The second-order valence-electron chi connectivity index (χ2n) is 6.57. The molecule has 148 valence electrons. The van der Waals surface area contributed by atoms with Gasteiger partial charge in [0.25, 0.3) is 0 Å². The van der Waals surface area contributed by atoms with Gasteiger partial charge in [-0.2, -0.15) is 13.2 Å². The normalized spacial score (nSPS) is 16.2. The summed E-state index contributed by atoms with van der Waals surface area (Å²) in [5.74, 6) is 0.711. The fourth-order valence-electron chi connectivity index (χ4n) is 2.64. The molecule has 0 aromatic heterocycles. The quantitative estimate of drug-likeness (QED) is 0.354. The Morgan fingerprint density at radius 1 is 1.23 bits per heavy atom. The van der Waals surface area contributed by atoms with Gasteiger partial charge in [0.05, 0.1) is 5.56 Å². The van der Waals surface area contributed by atoms with Gasteiger partial charge in [0.15, 0.2) is 5.96 Å². The lowest BCUT2D eigenvalue weighted by Crippen LogP contribution is -2.45. The second-order valence-corrected chi connectivity index (χ2v) is 6.57. The van der Waals surface area contributed by atoms with E-state index >= 15 is 0 Å². The van der Waals surface area contributed by atoms with Crippen LogP contribution in [0.25, 0.3) is 0 Å². The molecule has 0 amide bonds. The molecule has 26 heavy (non-hydrogen) atoms. The number of hydrogen-bond acceptors (Lipinski definition) is 2. The summed E-state index contributed by atoms with van der Waals surface area (Å²) in [7, 11) is 3.85. The SMILES string of the molecule is CN=C(NCCc1ccc(C(F)(F)F)cc1)NCC(C)N(C)C1CC1.I. The monoisotopic (exact) mass is 484 g/mol. The van der Waals surface area contributed by atoms with Crippen LogP contribution in [0, 0.1) is 0 Å². The Balaban J connectivity index is 0.00000338. The zero-order valence-electron chi connectivity index (χ0n) is 15.4. The van der Waals surface area contributed by atoms with Crippen molar-refractivity contribution in [1.82, 2.24) is 15.5 Å². The van der Waals surface area contributed by atoms with Gasteiger partial charge in [-0.05, 0) is 50.9 Å². The summed E-state index contributed by atoms with van der Waals surface area (Å²) in [5, 5.41) is 6.50. The van der Waals surface area contributed by atoms with Crippen molar-refractivity contribution in [2.24, 2.45) is 4.99 Å². The minimum absolute atomic E-state index is 0. The highest BCUT2D eigenvalue weighted by Crippen LogP contribution is 2.29. The van der Waals surface area contributed by atoms with E-state index < -0.39 is 11.7 Å². The number of aliphatic imine (C=N–C) groups is 1. The Labute approximate surface area is 170 Å². The van der Waals surface area contributed by atoms with Crippen LogP contribution in [0.15, 0.2) is 29.3 Å². The lowest BCUT2D eigenvalue weighted by atomic mass is 10.1. The smallest absolute Gasteiger partial charge is 0.356 e. The number of benzene rings is 1.